The molecule has 0 rings (SSSR count). The van der Waals surface area contributed by atoms with Crippen LogP contribution in [0.1, 0.15) is 90.4 Å². The fourth-order valence-corrected chi connectivity index (χ4v) is 2.27. The number of methoxy groups -OCH3 is 1. The van der Waals surface area contributed by atoms with Gasteiger partial charge in [0, 0.05) is 19.3 Å². The summed E-state index contributed by atoms with van der Waals surface area (Å²) in [4.78, 5) is 22.5. The number of ketones is 1. The van der Waals surface area contributed by atoms with Crippen LogP contribution in [0.3, 0.4) is 0 Å². The predicted molar refractivity (Wildman–Crippen MR) is 82.7 cm³/mol. The van der Waals surface area contributed by atoms with Crippen molar-refractivity contribution < 1.29 is 14.3 Å². The van der Waals surface area contributed by atoms with E-state index in [2.05, 4.69) is 11.7 Å². The van der Waals surface area contributed by atoms with Gasteiger partial charge in [-0.25, -0.2) is 0 Å². The molecule has 0 unspecified atom stereocenters. The molecule has 0 radical (unpaired) electrons. The van der Waals surface area contributed by atoms with Gasteiger partial charge in [-0.3, -0.25) is 9.59 Å². The minimum absolute atomic E-state index is 0.180. The number of carbonyl (C=O) groups excluding carboxylic acids is 2. The van der Waals surface area contributed by atoms with Gasteiger partial charge in [-0.1, -0.05) is 51.9 Å². The number of hydrogen-bond donors (Lipinski definition) is 0. The van der Waals surface area contributed by atoms with E-state index in [1.54, 1.807) is 0 Å². The Morgan fingerprint density at radius 2 is 1.15 bits per heavy atom. The first-order chi connectivity index (χ1) is 9.70. The standard InChI is InChI=1S/C17H32O3/c1-3-4-5-6-7-8-9-10-13-16(18)14-11-12-15-17(19)20-2/h3-15H2,1-2H3. The maximum atomic E-state index is 11.6. The molecule has 0 aliphatic heterocycles. The third-order valence-electron chi connectivity index (χ3n) is 3.62. The second-order valence-electron chi connectivity index (χ2n) is 5.55. The van der Waals surface area contributed by atoms with Gasteiger partial charge >= 0.3 is 5.97 Å². The fraction of sp³-hybridized carbons (Fsp3) is 0.882. The number of Topliss-reactive ketones (excluding diaryl/α,β-unsaturated/α-hetero) is 1. The number of carbonyl (C=O) groups is 2. The lowest BCUT2D eigenvalue weighted by Gasteiger charge is -2.02. The van der Waals surface area contributed by atoms with Crippen molar-refractivity contribution in [2.75, 3.05) is 7.11 Å². The van der Waals surface area contributed by atoms with Crippen LogP contribution in [0.15, 0.2) is 0 Å². The van der Waals surface area contributed by atoms with Crippen molar-refractivity contribution in [2.45, 2.75) is 90.4 Å². The molecule has 0 saturated heterocycles. The lowest BCUT2D eigenvalue weighted by atomic mass is 10.0. The lowest BCUT2D eigenvalue weighted by Crippen LogP contribution is -2.01. The van der Waals surface area contributed by atoms with E-state index in [1.165, 1.54) is 52.1 Å². The molecule has 0 N–H and O–H groups in total. The van der Waals surface area contributed by atoms with E-state index < -0.39 is 0 Å². The Morgan fingerprint density at radius 3 is 1.70 bits per heavy atom. The molecule has 0 saturated carbocycles. The molecule has 0 aromatic carbocycles. The summed E-state index contributed by atoms with van der Waals surface area (Å²) in [6.07, 6.45) is 13.5. The van der Waals surface area contributed by atoms with Gasteiger partial charge in [0.2, 0.25) is 0 Å². The highest BCUT2D eigenvalue weighted by Gasteiger charge is 2.04. The third-order valence-corrected chi connectivity index (χ3v) is 3.62. The molecule has 0 heterocycles. The highest BCUT2D eigenvalue weighted by Crippen LogP contribution is 2.11. The fourth-order valence-electron chi connectivity index (χ4n) is 2.27. The van der Waals surface area contributed by atoms with Crippen molar-refractivity contribution in [1.82, 2.24) is 0 Å². The Bertz CT molecular complexity index is 249. The summed E-state index contributed by atoms with van der Waals surface area (Å²) in [7, 11) is 1.40. The molecule has 118 valence electrons. The minimum Gasteiger partial charge on any atom is -0.469 e. The molecular formula is C17H32O3. The van der Waals surface area contributed by atoms with Crippen molar-refractivity contribution in [3.8, 4) is 0 Å². The van der Waals surface area contributed by atoms with Gasteiger partial charge in [0.15, 0.2) is 0 Å². The van der Waals surface area contributed by atoms with Gasteiger partial charge in [0.1, 0.15) is 5.78 Å². The molecule has 3 nitrogen and oxygen atoms in total. The monoisotopic (exact) mass is 284 g/mol. The summed E-state index contributed by atoms with van der Waals surface area (Å²) in [6.45, 7) is 2.23. The number of rotatable bonds is 14. The van der Waals surface area contributed by atoms with E-state index >= 15 is 0 Å². The Balaban J connectivity index is 3.22. The molecule has 0 aliphatic rings. The van der Waals surface area contributed by atoms with E-state index in [1.807, 2.05) is 0 Å². The van der Waals surface area contributed by atoms with Crippen LogP contribution in [0, 0.1) is 0 Å². The summed E-state index contributed by atoms with van der Waals surface area (Å²) < 4.78 is 4.56. The van der Waals surface area contributed by atoms with Crippen LogP contribution < -0.4 is 0 Å². The average molecular weight is 284 g/mol. The Kier molecular flexibility index (Phi) is 13.9. The zero-order valence-electron chi connectivity index (χ0n) is 13.4. The second kappa shape index (κ2) is 14.5. The first kappa shape index (κ1) is 19.1. The molecule has 0 amide bonds. The third kappa shape index (κ3) is 13.6. The van der Waals surface area contributed by atoms with Gasteiger partial charge in [0.25, 0.3) is 0 Å². The van der Waals surface area contributed by atoms with Crippen molar-refractivity contribution in [3.63, 3.8) is 0 Å². The van der Waals surface area contributed by atoms with Crippen LogP contribution in [0.2, 0.25) is 0 Å². The highest BCUT2D eigenvalue weighted by atomic mass is 16.5. The lowest BCUT2D eigenvalue weighted by molar-refractivity contribution is -0.140. The largest absolute Gasteiger partial charge is 0.469 e. The molecule has 0 aliphatic carbocycles. The average Bonchev–Trinajstić information content (AvgIpc) is 2.46. The number of esters is 1. The Morgan fingerprint density at radius 1 is 0.700 bits per heavy atom. The normalized spacial score (nSPS) is 10.5. The molecule has 0 atom stereocenters. The van der Waals surface area contributed by atoms with Gasteiger partial charge in [-0.15, -0.1) is 0 Å². The number of ether oxygens (including phenoxy) is 1. The zero-order chi connectivity index (χ0) is 15.1. The van der Waals surface area contributed by atoms with Crippen molar-refractivity contribution in [1.29, 1.82) is 0 Å². The first-order valence-corrected chi connectivity index (χ1v) is 8.29. The molecule has 0 aromatic heterocycles. The van der Waals surface area contributed by atoms with Gasteiger partial charge in [-0.2, -0.15) is 0 Å². The van der Waals surface area contributed by atoms with E-state index in [4.69, 9.17) is 0 Å². The Labute approximate surface area is 124 Å². The molecule has 0 aromatic rings. The molecule has 0 spiro atoms. The molecule has 20 heavy (non-hydrogen) atoms. The SMILES string of the molecule is CCCCCCCCCCC(=O)CCCCC(=O)OC. The maximum absolute atomic E-state index is 11.6. The summed E-state index contributed by atoms with van der Waals surface area (Å²) in [5.41, 5.74) is 0. The van der Waals surface area contributed by atoms with E-state index in [9.17, 15) is 9.59 Å². The summed E-state index contributed by atoms with van der Waals surface area (Å²) in [6, 6.07) is 0. The summed E-state index contributed by atoms with van der Waals surface area (Å²) >= 11 is 0. The molecule has 3 heteroatoms. The highest BCUT2D eigenvalue weighted by molar-refractivity contribution is 5.78. The second-order valence-corrected chi connectivity index (χ2v) is 5.55. The van der Waals surface area contributed by atoms with E-state index in [-0.39, 0.29) is 5.97 Å². The van der Waals surface area contributed by atoms with Crippen LogP contribution >= 0.6 is 0 Å². The van der Waals surface area contributed by atoms with Crippen LogP contribution in [-0.2, 0) is 14.3 Å². The van der Waals surface area contributed by atoms with Crippen molar-refractivity contribution in [2.24, 2.45) is 0 Å². The van der Waals surface area contributed by atoms with Crippen LogP contribution in [0.4, 0.5) is 0 Å². The summed E-state index contributed by atoms with van der Waals surface area (Å²) in [5, 5.41) is 0. The smallest absolute Gasteiger partial charge is 0.305 e. The van der Waals surface area contributed by atoms with Crippen molar-refractivity contribution >= 4 is 11.8 Å². The number of unbranched alkanes of at least 4 members (excludes halogenated alkanes) is 8. The van der Waals surface area contributed by atoms with Crippen LogP contribution in [-0.4, -0.2) is 18.9 Å². The predicted octanol–water partition coefficient (Wildman–Crippen LogP) is 4.82. The minimum atomic E-state index is -0.180. The van der Waals surface area contributed by atoms with E-state index in [0.717, 1.165) is 19.3 Å². The van der Waals surface area contributed by atoms with Crippen LogP contribution in [0.25, 0.3) is 0 Å². The number of hydrogen-bond acceptors (Lipinski definition) is 3. The zero-order valence-corrected chi connectivity index (χ0v) is 13.4. The topological polar surface area (TPSA) is 43.4 Å². The first-order valence-electron chi connectivity index (χ1n) is 8.29. The van der Waals surface area contributed by atoms with Crippen LogP contribution in [0.5, 0.6) is 0 Å². The summed E-state index contributed by atoms with van der Waals surface area (Å²) in [5.74, 6) is 0.168. The molecular weight excluding hydrogens is 252 g/mol. The quantitative estimate of drug-likeness (QED) is 0.339. The van der Waals surface area contributed by atoms with Gasteiger partial charge in [0.05, 0.1) is 7.11 Å². The maximum Gasteiger partial charge on any atom is 0.305 e. The molecule has 0 fully saturated rings. The van der Waals surface area contributed by atoms with Gasteiger partial charge < -0.3 is 4.74 Å². The van der Waals surface area contributed by atoms with Gasteiger partial charge in [-0.05, 0) is 19.3 Å². The molecule has 0 bridgehead atoms. The Hall–Kier alpha value is -0.860. The van der Waals surface area contributed by atoms with E-state index in [0.29, 0.717) is 25.0 Å². The van der Waals surface area contributed by atoms with Crippen molar-refractivity contribution in [3.05, 3.63) is 0 Å².